The van der Waals surface area contributed by atoms with E-state index in [0.29, 0.717) is 6.42 Å². The molecule has 78 valence electrons. The zero-order chi connectivity index (χ0) is 10.7. The molecule has 0 bridgehead atoms. The SMILES string of the molecule is C=CC1CC(=O)N1C(O)C(=O)OCC. The van der Waals surface area contributed by atoms with E-state index in [1.54, 1.807) is 6.92 Å². The summed E-state index contributed by atoms with van der Waals surface area (Å²) in [5.74, 6) is -1.07. The predicted molar refractivity (Wildman–Crippen MR) is 48.1 cm³/mol. The lowest BCUT2D eigenvalue weighted by atomic mass is 10.0. The van der Waals surface area contributed by atoms with E-state index in [1.165, 1.54) is 6.08 Å². The lowest BCUT2D eigenvalue weighted by Gasteiger charge is -2.40. The van der Waals surface area contributed by atoms with Crippen LogP contribution in [0.5, 0.6) is 0 Å². The van der Waals surface area contributed by atoms with Crippen LogP contribution in [-0.4, -0.2) is 40.8 Å². The molecule has 1 rings (SSSR count). The highest BCUT2D eigenvalue weighted by molar-refractivity contribution is 5.88. The Bertz CT molecular complexity index is 264. The van der Waals surface area contributed by atoms with E-state index in [2.05, 4.69) is 11.3 Å². The lowest BCUT2D eigenvalue weighted by molar-refractivity contribution is -0.180. The topological polar surface area (TPSA) is 66.8 Å². The number of nitrogens with zero attached hydrogens (tertiary/aromatic N) is 1. The van der Waals surface area contributed by atoms with Crippen molar-refractivity contribution in [3.8, 4) is 0 Å². The van der Waals surface area contributed by atoms with E-state index < -0.39 is 12.2 Å². The largest absolute Gasteiger partial charge is 0.463 e. The molecule has 2 atom stereocenters. The monoisotopic (exact) mass is 199 g/mol. The van der Waals surface area contributed by atoms with Crippen LogP contribution in [0.4, 0.5) is 0 Å². The van der Waals surface area contributed by atoms with Gasteiger partial charge in [0.25, 0.3) is 0 Å². The minimum Gasteiger partial charge on any atom is -0.463 e. The third kappa shape index (κ3) is 1.77. The summed E-state index contributed by atoms with van der Waals surface area (Å²) in [6.07, 6.45) is 0.309. The molecule has 1 amide bonds. The number of aliphatic hydroxyl groups excluding tert-OH is 1. The van der Waals surface area contributed by atoms with Crippen molar-refractivity contribution < 1.29 is 19.4 Å². The van der Waals surface area contributed by atoms with Crippen LogP contribution in [0.15, 0.2) is 12.7 Å². The average molecular weight is 199 g/mol. The number of amides is 1. The van der Waals surface area contributed by atoms with Crippen LogP contribution >= 0.6 is 0 Å². The van der Waals surface area contributed by atoms with E-state index in [4.69, 9.17) is 0 Å². The minimum absolute atomic E-state index is 0.177. The summed E-state index contributed by atoms with van der Waals surface area (Å²) < 4.78 is 4.58. The number of rotatable bonds is 4. The van der Waals surface area contributed by atoms with Gasteiger partial charge in [0.15, 0.2) is 0 Å². The first kappa shape index (κ1) is 10.7. The van der Waals surface area contributed by atoms with Crippen molar-refractivity contribution in [2.45, 2.75) is 25.6 Å². The molecule has 0 aromatic heterocycles. The van der Waals surface area contributed by atoms with Gasteiger partial charge in [0.05, 0.1) is 19.1 Å². The number of carbonyl (C=O) groups is 2. The Balaban J connectivity index is 2.58. The van der Waals surface area contributed by atoms with Gasteiger partial charge < -0.3 is 14.7 Å². The zero-order valence-electron chi connectivity index (χ0n) is 7.97. The first-order valence-corrected chi connectivity index (χ1v) is 4.40. The molecule has 0 aromatic carbocycles. The van der Waals surface area contributed by atoms with Crippen molar-refractivity contribution in [3.05, 3.63) is 12.7 Å². The van der Waals surface area contributed by atoms with Gasteiger partial charge in [0, 0.05) is 0 Å². The van der Waals surface area contributed by atoms with Crippen molar-refractivity contribution in [2.24, 2.45) is 0 Å². The normalized spacial score (nSPS) is 22.6. The Labute approximate surface area is 82.0 Å². The number of esters is 1. The summed E-state index contributed by atoms with van der Waals surface area (Å²) in [6.45, 7) is 5.31. The van der Waals surface area contributed by atoms with E-state index in [9.17, 15) is 14.7 Å². The second-order valence-electron chi connectivity index (χ2n) is 2.93. The lowest BCUT2D eigenvalue weighted by Crippen LogP contribution is -2.59. The number of ether oxygens (including phenoxy) is 1. The van der Waals surface area contributed by atoms with Gasteiger partial charge >= 0.3 is 5.97 Å². The van der Waals surface area contributed by atoms with Crippen molar-refractivity contribution in [2.75, 3.05) is 6.61 Å². The highest BCUT2D eigenvalue weighted by Gasteiger charge is 2.41. The van der Waals surface area contributed by atoms with Crippen LogP contribution in [0.2, 0.25) is 0 Å². The molecule has 1 heterocycles. The molecule has 1 aliphatic heterocycles. The minimum atomic E-state index is -1.50. The van der Waals surface area contributed by atoms with Gasteiger partial charge in [-0.25, -0.2) is 4.79 Å². The third-order valence-electron chi connectivity index (χ3n) is 2.06. The first-order valence-electron chi connectivity index (χ1n) is 4.40. The molecular weight excluding hydrogens is 186 g/mol. The molecule has 1 saturated heterocycles. The number of hydrogen-bond acceptors (Lipinski definition) is 4. The van der Waals surface area contributed by atoms with Gasteiger partial charge in [-0.2, -0.15) is 0 Å². The van der Waals surface area contributed by atoms with Gasteiger partial charge in [0.1, 0.15) is 0 Å². The van der Waals surface area contributed by atoms with Crippen LogP contribution in [0.3, 0.4) is 0 Å². The molecule has 0 spiro atoms. The van der Waals surface area contributed by atoms with Crippen LogP contribution in [-0.2, 0) is 14.3 Å². The average Bonchev–Trinajstić information content (AvgIpc) is 2.14. The maximum atomic E-state index is 11.1. The zero-order valence-corrected chi connectivity index (χ0v) is 7.97. The number of hydrogen-bond donors (Lipinski definition) is 1. The van der Waals surface area contributed by atoms with Crippen LogP contribution in [0, 0.1) is 0 Å². The molecule has 2 unspecified atom stereocenters. The van der Waals surface area contributed by atoms with Crippen LogP contribution < -0.4 is 0 Å². The molecule has 5 nitrogen and oxygen atoms in total. The Morgan fingerprint density at radius 2 is 2.57 bits per heavy atom. The summed E-state index contributed by atoms with van der Waals surface area (Å²) in [5, 5.41) is 9.42. The fourth-order valence-corrected chi connectivity index (χ4v) is 1.30. The van der Waals surface area contributed by atoms with Crippen molar-refractivity contribution >= 4 is 11.9 Å². The molecule has 14 heavy (non-hydrogen) atoms. The second kappa shape index (κ2) is 4.23. The Morgan fingerprint density at radius 3 is 3.00 bits per heavy atom. The summed E-state index contributed by atoms with van der Waals surface area (Å²) in [7, 11) is 0. The second-order valence-corrected chi connectivity index (χ2v) is 2.93. The van der Waals surface area contributed by atoms with E-state index in [0.717, 1.165) is 4.90 Å². The quantitative estimate of drug-likeness (QED) is 0.382. The Kier molecular flexibility index (Phi) is 3.24. The van der Waals surface area contributed by atoms with Gasteiger partial charge in [0.2, 0.25) is 12.1 Å². The molecule has 0 saturated carbocycles. The van der Waals surface area contributed by atoms with Gasteiger partial charge in [-0.05, 0) is 6.92 Å². The van der Waals surface area contributed by atoms with Crippen molar-refractivity contribution in [3.63, 3.8) is 0 Å². The summed E-state index contributed by atoms with van der Waals surface area (Å²) in [5.41, 5.74) is 0. The molecule has 1 fully saturated rings. The Morgan fingerprint density at radius 1 is 1.93 bits per heavy atom. The number of likely N-dealkylation sites (tertiary alicyclic amines) is 1. The standard InChI is InChI=1S/C9H13NO4/c1-3-6-5-7(11)10(6)8(12)9(13)14-4-2/h3,6,8,12H,1,4-5H2,2H3. The van der Waals surface area contributed by atoms with Crippen LogP contribution in [0.25, 0.3) is 0 Å². The van der Waals surface area contributed by atoms with Gasteiger partial charge in [-0.15, -0.1) is 6.58 Å². The molecular formula is C9H13NO4. The highest BCUT2D eigenvalue weighted by Crippen LogP contribution is 2.22. The van der Waals surface area contributed by atoms with Crippen molar-refractivity contribution in [1.29, 1.82) is 0 Å². The Hall–Kier alpha value is -1.36. The predicted octanol–water partition coefficient (Wildman–Crippen LogP) is -0.345. The molecule has 1 N–H and O–H groups in total. The summed E-state index contributed by atoms with van der Waals surface area (Å²) in [6, 6.07) is -0.262. The first-order chi connectivity index (χ1) is 6.61. The molecule has 0 aromatic rings. The molecule has 1 aliphatic rings. The summed E-state index contributed by atoms with van der Waals surface area (Å²) >= 11 is 0. The number of carbonyl (C=O) groups excluding carboxylic acids is 2. The third-order valence-corrected chi connectivity index (χ3v) is 2.06. The molecule has 0 aliphatic carbocycles. The summed E-state index contributed by atoms with van der Waals surface area (Å²) in [4.78, 5) is 23.2. The number of aliphatic hydroxyl groups is 1. The maximum Gasteiger partial charge on any atom is 0.356 e. The fraction of sp³-hybridized carbons (Fsp3) is 0.556. The number of β-lactam (4-membered cyclic amide) rings is 1. The van der Waals surface area contributed by atoms with E-state index in [1.807, 2.05) is 0 Å². The molecule has 0 radical (unpaired) electrons. The molecule has 5 heteroatoms. The van der Waals surface area contributed by atoms with Crippen LogP contribution in [0.1, 0.15) is 13.3 Å². The van der Waals surface area contributed by atoms with E-state index >= 15 is 0 Å². The van der Waals surface area contributed by atoms with Gasteiger partial charge in [-0.3, -0.25) is 4.79 Å². The highest BCUT2D eigenvalue weighted by atomic mass is 16.5. The maximum absolute atomic E-state index is 11.1. The smallest absolute Gasteiger partial charge is 0.356 e. The van der Waals surface area contributed by atoms with Crippen molar-refractivity contribution in [1.82, 2.24) is 4.90 Å². The van der Waals surface area contributed by atoms with E-state index in [-0.39, 0.29) is 18.6 Å². The van der Waals surface area contributed by atoms with Gasteiger partial charge in [-0.1, -0.05) is 6.08 Å². The fourth-order valence-electron chi connectivity index (χ4n) is 1.30.